The van der Waals surface area contributed by atoms with Gasteiger partial charge in [-0.25, -0.2) is 9.98 Å². The summed E-state index contributed by atoms with van der Waals surface area (Å²) in [6, 6.07) is 4.18. The number of hydrogen-bond donors (Lipinski definition) is 3. The number of pyridine rings is 1. The zero-order valence-corrected chi connectivity index (χ0v) is 20.6. The maximum absolute atomic E-state index is 12.0. The lowest BCUT2D eigenvalue weighted by Crippen LogP contribution is -2.48. The highest BCUT2D eigenvalue weighted by Crippen LogP contribution is 2.17. The molecular formula is C21H37IN6O. The van der Waals surface area contributed by atoms with Gasteiger partial charge >= 0.3 is 0 Å². The van der Waals surface area contributed by atoms with Gasteiger partial charge in [0, 0.05) is 31.4 Å². The minimum Gasteiger partial charge on any atom is -0.357 e. The summed E-state index contributed by atoms with van der Waals surface area (Å²) in [5, 5.41) is 9.19. The van der Waals surface area contributed by atoms with Gasteiger partial charge in [0.05, 0.1) is 13.1 Å². The molecule has 29 heavy (non-hydrogen) atoms. The quantitative estimate of drug-likeness (QED) is 0.308. The van der Waals surface area contributed by atoms with Crippen molar-refractivity contribution in [2.24, 2.45) is 4.99 Å². The minimum atomic E-state index is -0.241. The van der Waals surface area contributed by atoms with Crippen molar-refractivity contribution in [2.45, 2.75) is 65.5 Å². The average molecular weight is 516 g/mol. The third-order valence-electron chi connectivity index (χ3n) is 4.43. The summed E-state index contributed by atoms with van der Waals surface area (Å²) in [5.41, 5.74) is 0.810. The van der Waals surface area contributed by atoms with Gasteiger partial charge in [-0.2, -0.15) is 0 Å². The van der Waals surface area contributed by atoms with Crippen LogP contribution in [0.2, 0.25) is 0 Å². The van der Waals surface area contributed by atoms with Crippen LogP contribution in [0.1, 0.15) is 58.9 Å². The lowest BCUT2D eigenvalue weighted by atomic mass is 10.1. The number of rotatable bonds is 6. The zero-order chi connectivity index (χ0) is 20.4. The van der Waals surface area contributed by atoms with Crippen molar-refractivity contribution in [1.29, 1.82) is 0 Å². The first-order valence-corrected chi connectivity index (χ1v) is 10.4. The van der Waals surface area contributed by atoms with Gasteiger partial charge in [0.15, 0.2) is 5.96 Å². The number of carbonyl (C=O) groups is 1. The first-order valence-electron chi connectivity index (χ1n) is 10.4. The molecule has 0 atom stereocenters. The van der Waals surface area contributed by atoms with Crippen molar-refractivity contribution in [3.05, 3.63) is 23.9 Å². The van der Waals surface area contributed by atoms with Crippen LogP contribution in [0.25, 0.3) is 0 Å². The van der Waals surface area contributed by atoms with Gasteiger partial charge in [0.25, 0.3) is 0 Å². The predicted molar refractivity (Wildman–Crippen MR) is 131 cm³/mol. The predicted octanol–water partition coefficient (Wildman–Crippen LogP) is 3.05. The molecule has 0 radical (unpaired) electrons. The molecule has 1 fully saturated rings. The van der Waals surface area contributed by atoms with Gasteiger partial charge in [-0.3, -0.25) is 4.79 Å². The average Bonchev–Trinajstić information content (AvgIpc) is 2.92. The topological polar surface area (TPSA) is 81.7 Å². The number of halogens is 1. The fraction of sp³-hybridized carbons (Fsp3) is 0.667. The van der Waals surface area contributed by atoms with E-state index in [1.54, 1.807) is 0 Å². The number of carbonyl (C=O) groups excluding carboxylic acids is 1. The molecule has 1 amide bonds. The number of nitrogens with one attached hydrogen (secondary N) is 3. The van der Waals surface area contributed by atoms with E-state index in [1.807, 2.05) is 33.9 Å². The lowest BCUT2D eigenvalue weighted by Gasteiger charge is -2.21. The summed E-state index contributed by atoms with van der Waals surface area (Å²) in [5.74, 6) is 1.63. The first kappa shape index (κ1) is 25.5. The van der Waals surface area contributed by atoms with Crippen LogP contribution in [0.4, 0.5) is 5.82 Å². The third-order valence-corrected chi connectivity index (χ3v) is 4.43. The molecule has 7 nitrogen and oxygen atoms in total. The van der Waals surface area contributed by atoms with Crippen LogP contribution in [-0.2, 0) is 11.3 Å². The van der Waals surface area contributed by atoms with Crippen molar-refractivity contribution in [3.8, 4) is 0 Å². The summed E-state index contributed by atoms with van der Waals surface area (Å²) in [6.45, 7) is 11.5. The highest BCUT2D eigenvalue weighted by molar-refractivity contribution is 14.0. The van der Waals surface area contributed by atoms with Crippen molar-refractivity contribution < 1.29 is 4.79 Å². The van der Waals surface area contributed by atoms with E-state index in [1.165, 1.54) is 25.7 Å². The molecule has 1 aliphatic heterocycles. The van der Waals surface area contributed by atoms with E-state index < -0.39 is 0 Å². The number of anilines is 1. The van der Waals surface area contributed by atoms with Crippen LogP contribution in [0, 0.1) is 0 Å². The molecule has 2 heterocycles. The van der Waals surface area contributed by atoms with Gasteiger partial charge in [-0.05, 0) is 52.2 Å². The Labute approximate surface area is 192 Å². The molecule has 0 bridgehead atoms. The van der Waals surface area contributed by atoms with E-state index in [0.717, 1.165) is 31.0 Å². The fourth-order valence-electron chi connectivity index (χ4n) is 3.14. The molecule has 164 valence electrons. The van der Waals surface area contributed by atoms with E-state index >= 15 is 0 Å². The maximum Gasteiger partial charge on any atom is 0.239 e. The molecule has 1 saturated heterocycles. The molecule has 1 aromatic rings. The lowest BCUT2D eigenvalue weighted by molar-refractivity contribution is -0.121. The summed E-state index contributed by atoms with van der Waals surface area (Å²) in [4.78, 5) is 23.6. The monoisotopic (exact) mass is 516 g/mol. The van der Waals surface area contributed by atoms with E-state index in [4.69, 9.17) is 0 Å². The normalized spacial score (nSPS) is 15.2. The molecule has 0 spiro atoms. The number of guanidine groups is 1. The standard InChI is InChI=1S/C21H36N6O.HI/c1-5-22-20(25-16-19(28)26-21(2,3)4)24-15-17-10-11-18(23-14-17)27-12-8-6-7-9-13-27;/h10-11,14H,5-9,12-13,15-16H2,1-4H3,(H,26,28)(H2,22,24,25);1H. The molecule has 0 aliphatic carbocycles. The Morgan fingerprint density at radius 1 is 1.14 bits per heavy atom. The van der Waals surface area contributed by atoms with Gasteiger partial charge in [-0.1, -0.05) is 18.9 Å². The second-order valence-electron chi connectivity index (χ2n) is 8.27. The van der Waals surface area contributed by atoms with Crippen molar-refractivity contribution >= 4 is 41.7 Å². The summed E-state index contributed by atoms with van der Waals surface area (Å²) < 4.78 is 0. The van der Waals surface area contributed by atoms with Crippen LogP contribution >= 0.6 is 24.0 Å². The Balaban J connectivity index is 0.00000420. The number of aromatic nitrogens is 1. The molecule has 0 unspecified atom stereocenters. The Kier molecular flexibility index (Phi) is 11.3. The number of aliphatic imine (C=N–C) groups is 1. The van der Waals surface area contributed by atoms with Crippen LogP contribution in [-0.4, -0.2) is 48.6 Å². The maximum atomic E-state index is 12.0. The molecule has 3 N–H and O–H groups in total. The van der Waals surface area contributed by atoms with Crippen LogP contribution in [0.3, 0.4) is 0 Å². The Morgan fingerprint density at radius 3 is 2.38 bits per heavy atom. The van der Waals surface area contributed by atoms with Crippen LogP contribution in [0.15, 0.2) is 23.3 Å². The molecule has 8 heteroatoms. The Morgan fingerprint density at radius 2 is 1.83 bits per heavy atom. The van der Waals surface area contributed by atoms with E-state index in [0.29, 0.717) is 12.5 Å². The second kappa shape index (κ2) is 12.9. The molecule has 0 aromatic carbocycles. The van der Waals surface area contributed by atoms with Gasteiger partial charge < -0.3 is 20.9 Å². The molecule has 0 saturated carbocycles. The van der Waals surface area contributed by atoms with Gasteiger partial charge in [-0.15, -0.1) is 24.0 Å². The first-order chi connectivity index (χ1) is 13.4. The second-order valence-corrected chi connectivity index (χ2v) is 8.27. The SMILES string of the molecule is CCNC(=NCc1ccc(N2CCCCCC2)nc1)NCC(=O)NC(C)(C)C.I. The van der Waals surface area contributed by atoms with Crippen LogP contribution in [0.5, 0.6) is 0 Å². The Bertz CT molecular complexity index is 634. The highest BCUT2D eigenvalue weighted by atomic mass is 127. The molecular weight excluding hydrogens is 479 g/mol. The van der Waals surface area contributed by atoms with Gasteiger partial charge in [0.1, 0.15) is 5.82 Å². The Hall–Kier alpha value is -1.58. The molecule has 2 rings (SSSR count). The smallest absolute Gasteiger partial charge is 0.239 e. The largest absolute Gasteiger partial charge is 0.357 e. The van der Waals surface area contributed by atoms with E-state index in [9.17, 15) is 4.79 Å². The highest BCUT2D eigenvalue weighted by Gasteiger charge is 2.14. The third kappa shape index (κ3) is 10.1. The molecule has 1 aromatic heterocycles. The van der Waals surface area contributed by atoms with Crippen molar-refractivity contribution in [3.63, 3.8) is 0 Å². The van der Waals surface area contributed by atoms with E-state index in [-0.39, 0.29) is 42.0 Å². The van der Waals surface area contributed by atoms with Gasteiger partial charge in [0.2, 0.25) is 5.91 Å². The van der Waals surface area contributed by atoms with Crippen molar-refractivity contribution in [1.82, 2.24) is 20.9 Å². The fourth-order valence-corrected chi connectivity index (χ4v) is 3.14. The van der Waals surface area contributed by atoms with Crippen molar-refractivity contribution in [2.75, 3.05) is 31.1 Å². The van der Waals surface area contributed by atoms with E-state index in [2.05, 4.69) is 43.0 Å². The zero-order valence-electron chi connectivity index (χ0n) is 18.3. The number of nitrogens with zero attached hydrogens (tertiary/aromatic N) is 3. The number of amides is 1. The summed E-state index contributed by atoms with van der Waals surface area (Å²) in [6.07, 6.45) is 7.02. The minimum absolute atomic E-state index is 0. The summed E-state index contributed by atoms with van der Waals surface area (Å²) >= 11 is 0. The van der Waals surface area contributed by atoms with Crippen LogP contribution < -0.4 is 20.9 Å². The molecule has 1 aliphatic rings. The summed E-state index contributed by atoms with van der Waals surface area (Å²) in [7, 11) is 0. The number of hydrogen-bond acceptors (Lipinski definition) is 4.